The summed E-state index contributed by atoms with van der Waals surface area (Å²) in [6, 6.07) is 9.66. The van der Waals surface area contributed by atoms with Crippen LogP contribution in [-0.4, -0.2) is 9.49 Å². The monoisotopic (exact) mass is 244 g/mol. The molecule has 0 aliphatic rings. The summed E-state index contributed by atoms with van der Waals surface area (Å²) >= 11 is 0. The Labute approximate surface area is 103 Å². The van der Waals surface area contributed by atoms with Gasteiger partial charge in [-0.2, -0.15) is 0 Å². The smallest absolute Gasteiger partial charge is 0.269 e. The largest absolute Gasteiger partial charge is 0.311 e. The number of non-ortho nitro benzene ring substituents is 1. The van der Waals surface area contributed by atoms with Crippen molar-refractivity contribution >= 4 is 5.69 Å². The van der Waals surface area contributed by atoms with Crippen molar-refractivity contribution in [1.29, 1.82) is 0 Å². The summed E-state index contributed by atoms with van der Waals surface area (Å²) in [6.45, 7) is 2.18. The van der Waals surface area contributed by atoms with Crippen LogP contribution in [0.15, 0.2) is 47.4 Å². The van der Waals surface area contributed by atoms with Gasteiger partial charge in [-0.1, -0.05) is 12.1 Å². The summed E-state index contributed by atoms with van der Waals surface area (Å²) < 4.78 is 1.52. The Hall–Kier alpha value is -2.43. The molecule has 1 heterocycles. The van der Waals surface area contributed by atoms with E-state index in [0.717, 1.165) is 11.1 Å². The standard InChI is InChI=1S/C13H12N2O3/c1-10-5-6-14(13(16)7-10)9-11-3-2-4-12(8-11)15(17)18/h2-8H,9H2,1H3. The molecule has 1 aromatic carbocycles. The zero-order valence-electron chi connectivity index (χ0n) is 9.87. The summed E-state index contributed by atoms with van der Waals surface area (Å²) in [7, 11) is 0. The lowest BCUT2D eigenvalue weighted by Crippen LogP contribution is -2.19. The molecule has 0 N–H and O–H groups in total. The molecule has 2 rings (SSSR count). The van der Waals surface area contributed by atoms with Crippen molar-refractivity contribution in [2.24, 2.45) is 0 Å². The highest BCUT2D eigenvalue weighted by atomic mass is 16.6. The van der Waals surface area contributed by atoms with E-state index in [-0.39, 0.29) is 11.2 Å². The van der Waals surface area contributed by atoms with Crippen LogP contribution in [0.2, 0.25) is 0 Å². The third kappa shape index (κ3) is 2.63. The lowest BCUT2D eigenvalue weighted by atomic mass is 10.2. The van der Waals surface area contributed by atoms with Crippen molar-refractivity contribution in [3.05, 3.63) is 74.2 Å². The number of hydrogen-bond donors (Lipinski definition) is 0. The second-order valence-electron chi connectivity index (χ2n) is 4.10. The minimum absolute atomic E-state index is 0.0349. The molecule has 0 saturated carbocycles. The fourth-order valence-corrected chi connectivity index (χ4v) is 1.70. The first-order valence-corrected chi connectivity index (χ1v) is 5.47. The van der Waals surface area contributed by atoms with Crippen LogP contribution in [-0.2, 0) is 6.54 Å². The molecule has 1 aromatic heterocycles. The molecule has 0 radical (unpaired) electrons. The number of nitro benzene ring substituents is 1. The fourth-order valence-electron chi connectivity index (χ4n) is 1.70. The van der Waals surface area contributed by atoms with E-state index in [1.165, 1.54) is 22.8 Å². The first-order chi connectivity index (χ1) is 8.56. The molecular formula is C13H12N2O3. The predicted octanol–water partition coefficient (Wildman–Crippen LogP) is 2.11. The van der Waals surface area contributed by atoms with Gasteiger partial charge in [0.05, 0.1) is 11.5 Å². The Kier molecular flexibility index (Phi) is 3.23. The number of rotatable bonds is 3. The average Bonchev–Trinajstić information content (AvgIpc) is 2.33. The number of aromatic nitrogens is 1. The number of pyridine rings is 1. The molecule has 2 aromatic rings. The molecule has 0 spiro atoms. The molecule has 18 heavy (non-hydrogen) atoms. The Morgan fingerprint density at radius 1 is 1.28 bits per heavy atom. The number of aryl methyl sites for hydroxylation is 1. The third-order valence-electron chi connectivity index (χ3n) is 2.63. The van der Waals surface area contributed by atoms with Gasteiger partial charge in [0.2, 0.25) is 0 Å². The maximum atomic E-state index is 11.7. The van der Waals surface area contributed by atoms with Crippen LogP contribution >= 0.6 is 0 Å². The van der Waals surface area contributed by atoms with Gasteiger partial charge in [0.1, 0.15) is 0 Å². The van der Waals surface area contributed by atoms with E-state index in [1.807, 2.05) is 13.0 Å². The summed E-state index contributed by atoms with van der Waals surface area (Å²) in [5.41, 5.74) is 1.56. The quantitative estimate of drug-likeness (QED) is 0.613. The SMILES string of the molecule is Cc1ccn(Cc2cccc([N+](=O)[O-])c2)c(=O)c1. The van der Waals surface area contributed by atoms with Gasteiger partial charge in [-0.3, -0.25) is 14.9 Å². The molecule has 0 amide bonds. The number of nitro groups is 1. The number of hydrogen-bond acceptors (Lipinski definition) is 3. The summed E-state index contributed by atoms with van der Waals surface area (Å²) in [5.74, 6) is 0. The molecule has 0 saturated heterocycles. The maximum Gasteiger partial charge on any atom is 0.269 e. The summed E-state index contributed by atoms with van der Waals surface area (Å²) in [6.07, 6.45) is 1.69. The van der Waals surface area contributed by atoms with Crippen molar-refractivity contribution in [2.75, 3.05) is 0 Å². The molecule has 5 nitrogen and oxygen atoms in total. The summed E-state index contributed by atoms with van der Waals surface area (Å²) in [4.78, 5) is 21.9. The average molecular weight is 244 g/mol. The normalized spacial score (nSPS) is 10.3. The van der Waals surface area contributed by atoms with E-state index in [1.54, 1.807) is 18.3 Å². The van der Waals surface area contributed by atoms with Crippen LogP contribution in [0.4, 0.5) is 5.69 Å². The van der Waals surface area contributed by atoms with Crippen LogP contribution in [0.5, 0.6) is 0 Å². The van der Waals surface area contributed by atoms with E-state index < -0.39 is 4.92 Å². The summed E-state index contributed by atoms with van der Waals surface area (Å²) in [5, 5.41) is 10.7. The van der Waals surface area contributed by atoms with Gasteiger partial charge < -0.3 is 4.57 Å². The van der Waals surface area contributed by atoms with Gasteiger partial charge in [0.15, 0.2) is 0 Å². The van der Waals surface area contributed by atoms with Crippen LogP contribution in [0.1, 0.15) is 11.1 Å². The van der Waals surface area contributed by atoms with Gasteiger partial charge in [0.25, 0.3) is 11.2 Å². The van der Waals surface area contributed by atoms with E-state index in [9.17, 15) is 14.9 Å². The minimum Gasteiger partial charge on any atom is -0.311 e. The van der Waals surface area contributed by atoms with Crippen LogP contribution in [0.25, 0.3) is 0 Å². The second-order valence-corrected chi connectivity index (χ2v) is 4.10. The molecule has 92 valence electrons. The fraction of sp³-hybridized carbons (Fsp3) is 0.154. The van der Waals surface area contributed by atoms with Gasteiger partial charge in [0, 0.05) is 24.4 Å². The zero-order chi connectivity index (χ0) is 13.1. The molecule has 0 atom stereocenters. The van der Waals surface area contributed by atoms with Gasteiger partial charge >= 0.3 is 0 Å². The van der Waals surface area contributed by atoms with Crippen molar-refractivity contribution < 1.29 is 4.92 Å². The van der Waals surface area contributed by atoms with Crippen molar-refractivity contribution in [1.82, 2.24) is 4.57 Å². The van der Waals surface area contributed by atoms with Gasteiger partial charge in [-0.25, -0.2) is 0 Å². The lowest BCUT2D eigenvalue weighted by Gasteiger charge is -2.05. The maximum absolute atomic E-state index is 11.7. The van der Waals surface area contributed by atoms with Crippen LogP contribution < -0.4 is 5.56 Å². The first-order valence-electron chi connectivity index (χ1n) is 5.47. The molecule has 5 heteroatoms. The second kappa shape index (κ2) is 4.83. The first kappa shape index (κ1) is 12.0. The predicted molar refractivity (Wildman–Crippen MR) is 67.6 cm³/mol. The third-order valence-corrected chi connectivity index (χ3v) is 2.63. The van der Waals surface area contributed by atoms with Crippen LogP contribution in [0, 0.1) is 17.0 Å². The Morgan fingerprint density at radius 3 is 2.72 bits per heavy atom. The van der Waals surface area contributed by atoms with Gasteiger partial charge in [-0.05, 0) is 24.1 Å². The number of nitrogens with zero attached hydrogens (tertiary/aromatic N) is 2. The highest BCUT2D eigenvalue weighted by Gasteiger charge is 2.06. The molecule has 0 aliphatic heterocycles. The Bertz CT molecular complexity index is 647. The Balaban J connectivity index is 2.31. The highest BCUT2D eigenvalue weighted by Crippen LogP contribution is 2.13. The molecular weight excluding hydrogens is 232 g/mol. The van der Waals surface area contributed by atoms with E-state index >= 15 is 0 Å². The van der Waals surface area contributed by atoms with Gasteiger partial charge in [-0.15, -0.1) is 0 Å². The highest BCUT2D eigenvalue weighted by molar-refractivity contribution is 5.34. The van der Waals surface area contributed by atoms with E-state index in [4.69, 9.17) is 0 Å². The van der Waals surface area contributed by atoms with E-state index in [2.05, 4.69) is 0 Å². The van der Waals surface area contributed by atoms with Crippen molar-refractivity contribution in [2.45, 2.75) is 13.5 Å². The molecule has 0 bridgehead atoms. The minimum atomic E-state index is -0.443. The zero-order valence-corrected chi connectivity index (χ0v) is 9.87. The Morgan fingerprint density at radius 2 is 2.06 bits per heavy atom. The number of benzene rings is 1. The van der Waals surface area contributed by atoms with E-state index in [0.29, 0.717) is 6.54 Å². The van der Waals surface area contributed by atoms with Crippen molar-refractivity contribution in [3.63, 3.8) is 0 Å². The molecule has 0 fully saturated rings. The molecule has 0 aliphatic carbocycles. The van der Waals surface area contributed by atoms with Crippen LogP contribution in [0.3, 0.4) is 0 Å². The lowest BCUT2D eigenvalue weighted by molar-refractivity contribution is -0.384. The topological polar surface area (TPSA) is 65.1 Å². The molecule has 0 unspecified atom stereocenters. The van der Waals surface area contributed by atoms with Crippen molar-refractivity contribution in [3.8, 4) is 0 Å².